The summed E-state index contributed by atoms with van der Waals surface area (Å²) in [6.07, 6.45) is -3.32. The third-order valence-corrected chi connectivity index (χ3v) is 3.55. The molecule has 1 aromatic heterocycles. The van der Waals surface area contributed by atoms with E-state index >= 15 is 0 Å². The summed E-state index contributed by atoms with van der Waals surface area (Å²) in [5.41, 5.74) is 2.64. The Kier molecular flexibility index (Phi) is 3.24. The maximum absolute atomic E-state index is 12.4. The Morgan fingerprint density at radius 2 is 1.71 bits per heavy atom. The first-order valence-corrected chi connectivity index (χ1v) is 6.13. The molecule has 0 spiro atoms. The van der Waals surface area contributed by atoms with E-state index in [0.717, 1.165) is 23.3 Å². The summed E-state index contributed by atoms with van der Waals surface area (Å²) < 4.78 is 37.3. The molecule has 0 bridgehead atoms. The Hall–Kier alpha value is -1.29. The SMILES string of the molecule is CCc1ccc(-c2csc(C(F)(F)F)c2)cc1. The predicted molar refractivity (Wildman–Crippen MR) is 64.1 cm³/mol. The fraction of sp³-hybridized carbons (Fsp3) is 0.231. The molecule has 2 aromatic rings. The second-order valence-corrected chi connectivity index (χ2v) is 4.66. The van der Waals surface area contributed by atoms with Crippen LogP contribution in [0.4, 0.5) is 13.2 Å². The lowest BCUT2D eigenvalue weighted by molar-refractivity contribution is -0.134. The number of halogens is 3. The molecule has 1 heterocycles. The minimum absolute atomic E-state index is 0.549. The van der Waals surface area contributed by atoms with Crippen LogP contribution in [0.3, 0.4) is 0 Å². The van der Waals surface area contributed by atoms with E-state index in [0.29, 0.717) is 5.56 Å². The topological polar surface area (TPSA) is 0 Å². The lowest BCUT2D eigenvalue weighted by atomic mass is 10.1. The summed E-state index contributed by atoms with van der Waals surface area (Å²) in [5.74, 6) is 0. The summed E-state index contributed by atoms with van der Waals surface area (Å²) in [7, 11) is 0. The van der Waals surface area contributed by atoms with Gasteiger partial charge in [-0.05, 0) is 34.6 Å². The van der Waals surface area contributed by atoms with Crippen molar-refractivity contribution in [3.8, 4) is 11.1 Å². The molecule has 0 saturated carbocycles. The molecule has 0 amide bonds. The molecule has 2 rings (SSSR count). The quantitative estimate of drug-likeness (QED) is 0.709. The van der Waals surface area contributed by atoms with Crippen LogP contribution in [0.2, 0.25) is 0 Å². The zero-order chi connectivity index (χ0) is 12.5. The first-order chi connectivity index (χ1) is 8.00. The number of thiophene rings is 1. The van der Waals surface area contributed by atoms with Crippen molar-refractivity contribution in [2.75, 3.05) is 0 Å². The Morgan fingerprint density at radius 3 is 2.18 bits per heavy atom. The molecule has 0 N–H and O–H groups in total. The monoisotopic (exact) mass is 256 g/mol. The Labute approximate surface area is 102 Å². The zero-order valence-electron chi connectivity index (χ0n) is 9.21. The molecule has 0 atom stereocenters. The van der Waals surface area contributed by atoms with E-state index in [4.69, 9.17) is 0 Å². The first-order valence-electron chi connectivity index (χ1n) is 5.25. The molecule has 90 valence electrons. The predicted octanol–water partition coefficient (Wildman–Crippen LogP) is 5.00. The van der Waals surface area contributed by atoms with Gasteiger partial charge < -0.3 is 0 Å². The third kappa shape index (κ3) is 2.69. The normalized spacial score (nSPS) is 11.8. The molecule has 0 aliphatic heterocycles. The van der Waals surface area contributed by atoms with Crippen LogP contribution in [-0.4, -0.2) is 0 Å². The molecular formula is C13H11F3S. The second-order valence-electron chi connectivity index (χ2n) is 3.75. The van der Waals surface area contributed by atoms with Crippen LogP contribution in [0.15, 0.2) is 35.7 Å². The smallest absolute Gasteiger partial charge is 0.165 e. The minimum Gasteiger partial charge on any atom is -0.165 e. The molecule has 0 fully saturated rings. The van der Waals surface area contributed by atoms with Gasteiger partial charge in [-0.25, -0.2) is 0 Å². The van der Waals surface area contributed by atoms with Crippen LogP contribution in [0.25, 0.3) is 11.1 Å². The molecule has 17 heavy (non-hydrogen) atoms. The van der Waals surface area contributed by atoms with Crippen molar-refractivity contribution in [3.05, 3.63) is 46.2 Å². The van der Waals surface area contributed by atoms with Gasteiger partial charge in [0, 0.05) is 0 Å². The standard InChI is InChI=1S/C13H11F3S/c1-2-9-3-5-10(6-4-9)11-7-12(17-8-11)13(14,15)16/h3-8H,2H2,1H3. The van der Waals surface area contributed by atoms with E-state index in [1.807, 2.05) is 31.2 Å². The molecule has 0 aliphatic carbocycles. The third-order valence-electron chi connectivity index (χ3n) is 2.57. The Morgan fingerprint density at radius 1 is 1.06 bits per heavy atom. The lowest BCUT2D eigenvalue weighted by Crippen LogP contribution is -2.00. The van der Waals surface area contributed by atoms with Gasteiger partial charge in [0.15, 0.2) is 0 Å². The van der Waals surface area contributed by atoms with E-state index in [9.17, 15) is 13.2 Å². The second kappa shape index (κ2) is 4.53. The van der Waals surface area contributed by atoms with E-state index < -0.39 is 11.1 Å². The maximum atomic E-state index is 12.4. The Balaban J connectivity index is 2.30. The average Bonchev–Trinajstić information content (AvgIpc) is 2.78. The molecule has 0 saturated heterocycles. The van der Waals surface area contributed by atoms with Crippen LogP contribution in [0.1, 0.15) is 17.4 Å². The van der Waals surface area contributed by atoms with Crippen LogP contribution < -0.4 is 0 Å². The van der Waals surface area contributed by atoms with Crippen molar-refractivity contribution in [1.82, 2.24) is 0 Å². The molecular weight excluding hydrogens is 245 g/mol. The number of alkyl halides is 3. The van der Waals surface area contributed by atoms with Gasteiger partial charge >= 0.3 is 6.18 Å². The number of hydrogen-bond donors (Lipinski definition) is 0. The van der Waals surface area contributed by atoms with Crippen molar-refractivity contribution in [3.63, 3.8) is 0 Å². The Bertz CT molecular complexity index is 494. The highest BCUT2D eigenvalue weighted by atomic mass is 32.1. The summed E-state index contributed by atoms with van der Waals surface area (Å²) in [6, 6.07) is 8.81. The van der Waals surface area contributed by atoms with Gasteiger partial charge in [0.05, 0.1) is 0 Å². The zero-order valence-corrected chi connectivity index (χ0v) is 10.0. The first kappa shape index (κ1) is 12.2. The van der Waals surface area contributed by atoms with Gasteiger partial charge in [0.1, 0.15) is 4.88 Å². The van der Waals surface area contributed by atoms with Crippen molar-refractivity contribution in [2.45, 2.75) is 19.5 Å². The van der Waals surface area contributed by atoms with Crippen LogP contribution in [0, 0.1) is 0 Å². The lowest BCUT2D eigenvalue weighted by Gasteiger charge is -2.01. The van der Waals surface area contributed by atoms with Crippen molar-refractivity contribution < 1.29 is 13.2 Å². The highest BCUT2D eigenvalue weighted by Crippen LogP contribution is 2.37. The van der Waals surface area contributed by atoms with Crippen LogP contribution >= 0.6 is 11.3 Å². The van der Waals surface area contributed by atoms with Gasteiger partial charge in [-0.1, -0.05) is 31.2 Å². The molecule has 0 radical (unpaired) electrons. The van der Waals surface area contributed by atoms with Gasteiger partial charge in [0.25, 0.3) is 0 Å². The summed E-state index contributed by atoms with van der Waals surface area (Å²) in [4.78, 5) is -0.549. The molecule has 0 nitrogen and oxygen atoms in total. The van der Waals surface area contributed by atoms with E-state index in [-0.39, 0.29) is 0 Å². The number of rotatable bonds is 2. The number of benzene rings is 1. The molecule has 0 aliphatic rings. The van der Waals surface area contributed by atoms with Gasteiger partial charge in [0.2, 0.25) is 0 Å². The van der Waals surface area contributed by atoms with E-state index in [2.05, 4.69) is 0 Å². The highest BCUT2D eigenvalue weighted by molar-refractivity contribution is 7.10. The molecule has 1 aromatic carbocycles. The number of aryl methyl sites for hydroxylation is 1. The van der Waals surface area contributed by atoms with Crippen molar-refractivity contribution in [1.29, 1.82) is 0 Å². The summed E-state index contributed by atoms with van der Waals surface area (Å²) in [5, 5.41) is 1.55. The van der Waals surface area contributed by atoms with Crippen LogP contribution in [-0.2, 0) is 12.6 Å². The number of hydrogen-bond acceptors (Lipinski definition) is 1. The van der Waals surface area contributed by atoms with Crippen molar-refractivity contribution in [2.24, 2.45) is 0 Å². The fourth-order valence-corrected chi connectivity index (χ4v) is 2.36. The average molecular weight is 256 g/mol. The summed E-state index contributed by atoms with van der Waals surface area (Å²) >= 11 is 0.736. The van der Waals surface area contributed by atoms with E-state index in [1.54, 1.807) is 5.38 Å². The maximum Gasteiger partial charge on any atom is 0.425 e. The highest BCUT2D eigenvalue weighted by Gasteiger charge is 2.32. The molecule has 0 unspecified atom stereocenters. The largest absolute Gasteiger partial charge is 0.425 e. The minimum atomic E-state index is -4.24. The van der Waals surface area contributed by atoms with Gasteiger partial charge in [-0.15, -0.1) is 11.3 Å². The van der Waals surface area contributed by atoms with Gasteiger partial charge in [-0.2, -0.15) is 13.2 Å². The summed E-state index contributed by atoms with van der Waals surface area (Å²) in [6.45, 7) is 2.04. The van der Waals surface area contributed by atoms with Crippen molar-refractivity contribution >= 4 is 11.3 Å². The van der Waals surface area contributed by atoms with Crippen LogP contribution in [0.5, 0.6) is 0 Å². The fourth-order valence-electron chi connectivity index (χ4n) is 1.57. The van der Waals surface area contributed by atoms with Gasteiger partial charge in [-0.3, -0.25) is 0 Å². The van der Waals surface area contributed by atoms with E-state index in [1.165, 1.54) is 11.6 Å². The molecule has 4 heteroatoms.